The highest BCUT2D eigenvalue weighted by atomic mass is 79.9. The van der Waals surface area contributed by atoms with E-state index in [0.717, 1.165) is 22.9 Å². The van der Waals surface area contributed by atoms with Gasteiger partial charge in [-0.15, -0.1) is 0 Å². The Balaban J connectivity index is 2.25. The van der Waals surface area contributed by atoms with Crippen molar-refractivity contribution in [3.63, 3.8) is 0 Å². The summed E-state index contributed by atoms with van der Waals surface area (Å²) in [4.78, 5) is 0. The van der Waals surface area contributed by atoms with Gasteiger partial charge in [0.25, 0.3) is 0 Å². The van der Waals surface area contributed by atoms with Crippen molar-refractivity contribution in [1.82, 2.24) is 4.31 Å². The molecule has 0 saturated carbocycles. The smallest absolute Gasteiger partial charge is 0.212 e. The van der Waals surface area contributed by atoms with Gasteiger partial charge < -0.3 is 0 Å². The molecule has 1 saturated heterocycles. The summed E-state index contributed by atoms with van der Waals surface area (Å²) in [5.74, 6) is 0.250. The van der Waals surface area contributed by atoms with Crippen molar-refractivity contribution in [2.45, 2.75) is 32.2 Å². The highest BCUT2D eigenvalue weighted by Gasteiger charge is 2.34. The molecule has 1 unspecified atom stereocenters. The van der Waals surface area contributed by atoms with Gasteiger partial charge in [-0.1, -0.05) is 35.0 Å². The van der Waals surface area contributed by atoms with Crippen LogP contribution >= 0.6 is 15.9 Å². The van der Waals surface area contributed by atoms with E-state index in [1.54, 1.807) is 4.31 Å². The molecule has 1 aromatic rings. The number of rotatable bonds is 4. The average molecular weight is 332 g/mol. The van der Waals surface area contributed by atoms with E-state index in [0.29, 0.717) is 13.0 Å². The normalized spacial score (nSPS) is 21.3. The topological polar surface area (TPSA) is 37.4 Å². The fraction of sp³-hybridized carbons (Fsp3) is 0.538. The lowest BCUT2D eigenvalue weighted by molar-refractivity contribution is 0.396. The molecule has 1 fully saturated rings. The van der Waals surface area contributed by atoms with E-state index in [1.165, 1.54) is 0 Å². The first-order valence-corrected chi connectivity index (χ1v) is 8.70. The van der Waals surface area contributed by atoms with Gasteiger partial charge in [-0.3, -0.25) is 0 Å². The molecule has 1 heterocycles. The number of benzene rings is 1. The van der Waals surface area contributed by atoms with Gasteiger partial charge in [0, 0.05) is 17.1 Å². The zero-order chi connectivity index (χ0) is 13.2. The molecular formula is C13H18BrNO2S. The number of nitrogens with zero attached hydrogens (tertiary/aromatic N) is 1. The lowest BCUT2D eigenvalue weighted by Crippen LogP contribution is -2.32. The summed E-state index contributed by atoms with van der Waals surface area (Å²) in [6, 6.07) is 7.98. The Morgan fingerprint density at radius 3 is 2.61 bits per heavy atom. The van der Waals surface area contributed by atoms with Crippen LogP contribution < -0.4 is 0 Å². The van der Waals surface area contributed by atoms with Crippen molar-refractivity contribution >= 4 is 26.0 Å². The van der Waals surface area contributed by atoms with E-state index in [2.05, 4.69) is 15.9 Å². The van der Waals surface area contributed by atoms with Crippen molar-refractivity contribution in [3.05, 3.63) is 34.3 Å². The fourth-order valence-electron chi connectivity index (χ4n) is 2.47. The van der Waals surface area contributed by atoms with E-state index in [-0.39, 0.29) is 11.8 Å². The maximum absolute atomic E-state index is 12.2. The summed E-state index contributed by atoms with van der Waals surface area (Å²) in [5, 5.41) is 0. The third kappa shape index (κ3) is 2.95. The molecule has 5 heteroatoms. The zero-order valence-electron chi connectivity index (χ0n) is 10.5. The lowest BCUT2D eigenvalue weighted by atomic mass is 10.1. The van der Waals surface area contributed by atoms with Gasteiger partial charge in [0.15, 0.2) is 0 Å². The summed E-state index contributed by atoms with van der Waals surface area (Å²) in [6.45, 7) is 2.56. The van der Waals surface area contributed by atoms with E-state index < -0.39 is 10.0 Å². The van der Waals surface area contributed by atoms with Gasteiger partial charge >= 0.3 is 0 Å². The molecule has 0 aromatic heterocycles. The molecule has 1 atom stereocenters. The van der Waals surface area contributed by atoms with Crippen LogP contribution in [-0.2, 0) is 10.0 Å². The third-order valence-electron chi connectivity index (χ3n) is 3.28. The Labute approximate surface area is 117 Å². The Kier molecular flexibility index (Phi) is 4.45. The predicted molar refractivity (Wildman–Crippen MR) is 76.9 cm³/mol. The molecule has 0 radical (unpaired) electrons. The zero-order valence-corrected chi connectivity index (χ0v) is 12.9. The second-order valence-corrected chi connectivity index (χ2v) is 7.59. The van der Waals surface area contributed by atoms with Crippen LogP contribution in [0.5, 0.6) is 0 Å². The first-order valence-electron chi connectivity index (χ1n) is 6.29. The fourth-order valence-corrected chi connectivity index (χ4v) is 4.50. The van der Waals surface area contributed by atoms with Crippen molar-refractivity contribution in [2.75, 3.05) is 12.3 Å². The molecule has 2 rings (SSSR count). The number of hydrogen-bond donors (Lipinski definition) is 0. The van der Waals surface area contributed by atoms with Gasteiger partial charge in [0.05, 0.1) is 5.75 Å². The van der Waals surface area contributed by atoms with Crippen LogP contribution in [0, 0.1) is 0 Å². The molecule has 1 aromatic carbocycles. The van der Waals surface area contributed by atoms with Crippen molar-refractivity contribution in [2.24, 2.45) is 0 Å². The van der Waals surface area contributed by atoms with E-state index in [1.807, 2.05) is 31.2 Å². The van der Waals surface area contributed by atoms with Crippen molar-refractivity contribution in [3.8, 4) is 0 Å². The first kappa shape index (κ1) is 14.0. The number of sulfonamides is 1. The van der Waals surface area contributed by atoms with Gasteiger partial charge in [-0.05, 0) is 37.0 Å². The largest absolute Gasteiger partial charge is 0.214 e. The van der Waals surface area contributed by atoms with Crippen LogP contribution in [0.4, 0.5) is 0 Å². The van der Waals surface area contributed by atoms with E-state index >= 15 is 0 Å². The van der Waals surface area contributed by atoms with Crippen LogP contribution in [0.2, 0.25) is 0 Å². The Bertz CT molecular complexity index is 498. The van der Waals surface area contributed by atoms with Crippen LogP contribution in [0.15, 0.2) is 28.7 Å². The molecule has 0 bridgehead atoms. The number of hydrogen-bond acceptors (Lipinski definition) is 2. The molecule has 18 heavy (non-hydrogen) atoms. The summed E-state index contributed by atoms with van der Waals surface area (Å²) in [5.41, 5.74) is 1.09. The molecule has 0 aliphatic carbocycles. The molecule has 3 nitrogen and oxygen atoms in total. The van der Waals surface area contributed by atoms with Crippen molar-refractivity contribution < 1.29 is 8.42 Å². The SMILES string of the molecule is CCCS(=O)(=O)N1CCCC1c1ccc(Br)cc1. The van der Waals surface area contributed by atoms with Crippen LogP contribution in [0.3, 0.4) is 0 Å². The van der Waals surface area contributed by atoms with Crippen LogP contribution in [0.1, 0.15) is 37.8 Å². The van der Waals surface area contributed by atoms with Gasteiger partial charge in [0.2, 0.25) is 10.0 Å². The summed E-state index contributed by atoms with van der Waals surface area (Å²) < 4.78 is 27.1. The molecule has 0 spiro atoms. The molecular weight excluding hydrogens is 314 g/mol. The van der Waals surface area contributed by atoms with Crippen LogP contribution in [-0.4, -0.2) is 25.0 Å². The highest BCUT2D eigenvalue weighted by molar-refractivity contribution is 9.10. The van der Waals surface area contributed by atoms with Crippen LogP contribution in [0.25, 0.3) is 0 Å². The quantitative estimate of drug-likeness (QED) is 0.848. The predicted octanol–water partition coefficient (Wildman–Crippen LogP) is 3.33. The summed E-state index contributed by atoms with van der Waals surface area (Å²) >= 11 is 3.40. The van der Waals surface area contributed by atoms with E-state index in [4.69, 9.17) is 0 Å². The molecule has 1 aliphatic rings. The van der Waals surface area contributed by atoms with Gasteiger partial charge in [-0.25, -0.2) is 8.42 Å². The first-order chi connectivity index (χ1) is 8.54. The summed E-state index contributed by atoms with van der Waals surface area (Å²) in [6.07, 6.45) is 2.54. The highest BCUT2D eigenvalue weighted by Crippen LogP contribution is 2.34. The van der Waals surface area contributed by atoms with Gasteiger partial charge in [-0.2, -0.15) is 4.31 Å². The average Bonchev–Trinajstić information content (AvgIpc) is 2.79. The summed E-state index contributed by atoms with van der Waals surface area (Å²) in [7, 11) is -3.10. The Hall–Kier alpha value is -0.390. The monoisotopic (exact) mass is 331 g/mol. The number of halogens is 1. The van der Waals surface area contributed by atoms with E-state index in [9.17, 15) is 8.42 Å². The molecule has 1 aliphatic heterocycles. The third-order valence-corrected chi connectivity index (χ3v) is 5.88. The lowest BCUT2D eigenvalue weighted by Gasteiger charge is -2.24. The second kappa shape index (κ2) is 5.72. The van der Waals surface area contributed by atoms with Gasteiger partial charge in [0.1, 0.15) is 0 Å². The maximum Gasteiger partial charge on any atom is 0.214 e. The molecule has 100 valence electrons. The minimum atomic E-state index is -3.10. The minimum Gasteiger partial charge on any atom is -0.212 e. The van der Waals surface area contributed by atoms with Crippen molar-refractivity contribution in [1.29, 1.82) is 0 Å². The maximum atomic E-state index is 12.2. The minimum absolute atomic E-state index is 0.0228. The molecule has 0 N–H and O–H groups in total. The Morgan fingerprint density at radius 1 is 1.33 bits per heavy atom. The Morgan fingerprint density at radius 2 is 2.00 bits per heavy atom. The molecule has 0 amide bonds. The second-order valence-electron chi connectivity index (χ2n) is 4.64. The standard InChI is InChI=1S/C13H18BrNO2S/c1-2-10-18(16,17)15-9-3-4-13(15)11-5-7-12(14)8-6-11/h5-8,13H,2-4,9-10H2,1H3.